The van der Waals surface area contributed by atoms with Gasteiger partial charge in [-0.15, -0.1) is 6.42 Å². The van der Waals surface area contributed by atoms with E-state index in [0.717, 1.165) is 30.2 Å². The van der Waals surface area contributed by atoms with Crippen LogP contribution in [-0.4, -0.2) is 40.0 Å². The van der Waals surface area contributed by atoms with Gasteiger partial charge in [0, 0.05) is 29.2 Å². The summed E-state index contributed by atoms with van der Waals surface area (Å²) in [5.41, 5.74) is 1.62. The first-order valence-electron chi connectivity index (χ1n) is 10.5. The number of terminal acetylenes is 1. The number of nitrogens with zero attached hydrogens (tertiary/aromatic N) is 2. The van der Waals surface area contributed by atoms with Crippen molar-refractivity contribution in [2.24, 2.45) is 0 Å². The monoisotopic (exact) mass is 454 g/mol. The molecule has 6 nitrogen and oxygen atoms in total. The molecule has 4 rings (SSSR count). The molecule has 0 saturated heterocycles. The number of anilines is 1. The summed E-state index contributed by atoms with van der Waals surface area (Å²) in [6, 6.07) is 8.37. The van der Waals surface area contributed by atoms with E-state index in [0.29, 0.717) is 23.9 Å². The number of nitrogens with one attached hydrogen (secondary N) is 2. The van der Waals surface area contributed by atoms with Crippen molar-refractivity contribution in [3.05, 3.63) is 47.4 Å². The van der Waals surface area contributed by atoms with Crippen LogP contribution in [0.1, 0.15) is 26.2 Å². The second-order valence-corrected chi connectivity index (χ2v) is 8.04. The molecular weight excluding hydrogens is 431 g/mol. The summed E-state index contributed by atoms with van der Waals surface area (Å²) in [6.45, 7) is 2.28. The van der Waals surface area contributed by atoms with Crippen LogP contribution in [0.4, 0.5) is 10.3 Å². The van der Waals surface area contributed by atoms with Crippen LogP contribution in [0.3, 0.4) is 0 Å². The number of benzene rings is 2. The van der Waals surface area contributed by atoms with Crippen molar-refractivity contribution >= 4 is 28.5 Å². The minimum atomic E-state index is -0.980. The molecule has 166 valence electrons. The van der Waals surface area contributed by atoms with E-state index in [1.807, 2.05) is 19.1 Å². The molecule has 3 aromatic rings. The largest absolute Gasteiger partial charge is 0.492 e. The lowest BCUT2D eigenvalue weighted by Gasteiger charge is -2.23. The second kappa shape index (κ2) is 9.70. The number of aliphatic hydroxyl groups excluding tert-OH is 1. The Morgan fingerprint density at radius 2 is 2.12 bits per heavy atom. The van der Waals surface area contributed by atoms with E-state index >= 15 is 0 Å². The van der Waals surface area contributed by atoms with Gasteiger partial charge in [0.25, 0.3) is 0 Å². The molecule has 2 aromatic carbocycles. The molecule has 8 heteroatoms. The van der Waals surface area contributed by atoms with Gasteiger partial charge in [-0.25, -0.2) is 14.4 Å². The summed E-state index contributed by atoms with van der Waals surface area (Å²) in [5.74, 6) is 2.78. The van der Waals surface area contributed by atoms with Crippen LogP contribution in [-0.2, 0) is 0 Å². The van der Waals surface area contributed by atoms with Gasteiger partial charge in [-0.05, 0) is 56.0 Å². The number of aromatic nitrogens is 2. The van der Waals surface area contributed by atoms with E-state index in [-0.39, 0.29) is 22.7 Å². The van der Waals surface area contributed by atoms with Crippen molar-refractivity contribution < 1.29 is 14.2 Å². The zero-order valence-electron chi connectivity index (χ0n) is 17.6. The summed E-state index contributed by atoms with van der Waals surface area (Å²) in [7, 11) is 0. The fourth-order valence-electron chi connectivity index (χ4n) is 4.07. The lowest BCUT2D eigenvalue weighted by molar-refractivity contribution is 0.174. The summed E-state index contributed by atoms with van der Waals surface area (Å²) in [6.07, 6.45) is 8.81. The Kier molecular flexibility index (Phi) is 6.75. The van der Waals surface area contributed by atoms with Gasteiger partial charge in [0.15, 0.2) is 6.23 Å². The van der Waals surface area contributed by atoms with Crippen LogP contribution < -0.4 is 15.4 Å². The van der Waals surface area contributed by atoms with Crippen molar-refractivity contribution in [3.63, 3.8) is 0 Å². The number of halogens is 2. The highest BCUT2D eigenvalue weighted by atomic mass is 35.5. The molecular formula is C24H24ClFN4O2. The molecule has 0 spiro atoms. The first-order chi connectivity index (χ1) is 15.5. The maximum Gasteiger partial charge on any atom is 0.223 e. The Bertz CT molecular complexity index is 1170. The van der Waals surface area contributed by atoms with Crippen LogP contribution in [0, 0.1) is 18.2 Å². The van der Waals surface area contributed by atoms with E-state index in [1.54, 1.807) is 12.3 Å². The SMILES string of the molecule is C#CC(O)N[C@H]1CCC[C@H]1Nc1ncc2cc(-c3c(F)ccc(OCC)c3Cl)ccc2n1. The molecule has 0 radical (unpaired) electrons. The van der Waals surface area contributed by atoms with Gasteiger partial charge in [-0.3, -0.25) is 5.32 Å². The van der Waals surface area contributed by atoms with Gasteiger partial charge < -0.3 is 15.2 Å². The minimum absolute atomic E-state index is 0.0328. The average Bonchev–Trinajstić information content (AvgIpc) is 3.22. The molecule has 1 fully saturated rings. The first kappa shape index (κ1) is 22.3. The molecule has 0 bridgehead atoms. The molecule has 1 aliphatic rings. The molecule has 32 heavy (non-hydrogen) atoms. The van der Waals surface area contributed by atoms with Gasteiger partial charge in [-0.2, -0.15) is 0 Å². The summed E-state index contributed by atoms with van der Waals surface area (Å²) in [5, 5.41) is 17.1. The predicted molar refractivity (Wildman–Crippen MR) is 124 cm³/mol. The average molecular weight is 455 g/mol. The van der Waals surface area contributed by atoms with Crippen LogP contribution >= 0.6 is 11.6 Å². The lowest BCUT2D eigenvalue weighted by atomic mass is 10.0. The molecule has 0 amide bonds. The first-order valence-corrected chi connectivity index (χ1v) is 10.9. The lowest BCUT2D eigenvalue weighted by Crippen LogP contribution is -2.45. The number of ether oxygens (including phenoxy) is 1. The number of aliphatic hydroxyl groups is 1. The summed E-state index contributed by atoms with van der Waals surface area (Å²) in [4.78, 5) is 9.02. The van der Waals surface area contributed by atoms with Crippen molar-refractivity contribution in [1.29, 1.82) is 0 Å². The summed E-state index contributed by atoms with van der Waals surface area (Å²) >= 11 is 6.42. The molecule has 1 aromatic heterocycles. The van der Waals surface area contributed by atoms with Gasteiger partial charge >= 0.3 is 0 Å². The van der Waals surface area contributed by atoms with Gasteiger partial charge in [0.2, 0.25) is 5.95 Å². The van der Waals surface area contributed by atoms with E-state index in [4.69, 9.17) is 22.8 Å². The van der Waals surface area contributed by atoms with Crippen LogP contribution in [0.25, 0.3) is 22.0 Å². The quantitative estimate of drug-likeness (QED) is 0.363. The third-order valence-corrected chi connectivity index (χ3v) is 5.96. The Morgan fingerprint density at radius 3 is 2.91 bits per heavy atom. The number of hydrogen-bond donors (Lipinski definition) is 3. The van der Waals surface area contributed by atoms with E-state index in [2.05, 4.69) is 26.5 Å². The Balaban J connectivity index is 1.59. The Hall–Kier alpha value is -2.92. The molecule has 3 atom stereocenters. The molecule has 1 aliphatic carbocycles. The molecule has 3 N–H and O–H groups in total. The second-order valence-electron chi connectivity index (χ2n) is 7.66. The zero-order chi connectivity index (χ0) is 22.7. The van der Waals surface area contributed by atoms with Crippen LogP contribution in [0.2, 0.25) is 5.02 Å². The van der Waals surface area contributed by atoms with Crippen molar-refractivity contribution in [2.45, 2.75) is 44.5 Å². The van der Waals surface area contributed by atoms with Gasteiger partial charge in [0.1, 0.15) is 11.6 Å². The topological polar surface area (TPSA) is 79.3 Å². The molecule has 1 heterocycles. The Morgan fingerprint density at radius 1 is 1.31 bits per heavy atom. The summed E-state index contributed by atoms with van der Waals surface area (Å²) < 4.78 is 20.1. The Labute approximate surface area is 191 Å². The van der Waals surface area contributed by atoms with Crippen molar-refractivity contribution in [2.75, 3.05) is 11.9 Å². The van der Waals surface area contributed by atoms with Crippen LogP contribution in [0.5, 0.6) is 5.75 Å². The van der Waals surface area contributed by atoms with E-state index in [9.17, 15) is 9.50 Å². The normalized spacial score (nSPS) is 19.0. The number of rotatable bonds is 7. The standard InChI is InChI=1S/C24H24ClFN4O2/c1-3-21(31)28-18-6-5-7-19(18)30-24-27-13-15-12-14(8-10-17(15)29-24)22-16(26)9-11-20(23(22)25)32-4-2/h1,8-13,18-19,21,28,31H,4-7H2,2H3,(H,27,29,30)/t18-,19+,21?/m0/s1. The van der Waals surface area contributed by atoms with Crippen LogP contribution in [0.15, 0.2) is 36.5 Å². The maximum atomic E-state index is 14.6. The fourth-order valence-corrected chi connectivity index (χ4v) is 4.39. The van der Waals surface area contributed by atoms with Gasteiger partial charge in [-0.1, -0.05) is 23.6 Å². The molecule has 0 aliphatic heterocycles. The smallest absolute Gasteiger partial charge is 0.223 e. The van der Waals surface area contributed by atoms with E-state index < -0.39 is 12.0 Å². The highest BCUT2D eigenvalue weighted by Crippen LogP contribution is 2.38. The zero-order valence-corrected chi connectivity index (χ0v) is 18.4. The maximum absolute atomic E-state index is 14.6. The third-order valence-electron chi connectivity index (χ3n) is 5.58. The predicted octanol–water partition coefficient (Wildman–Crippen LogP) is 4.36. The minimum Gasteiger partial charge on any atom is -0.492 e. The molecule has 1 saturated carbocycles. The van der Waals surface area contributed by atoms with Crippen molar-refractivity contribution in [1.82, 2.24) is 15.3 Å². The van der Waals surface area contributed by atoms with Crippen molar-refractivity contribution in [3.8, 4) is 29.2 Å². The molecule has 1 unspecified atom stereocenters. The third kappa shape index (κ3) is 4.63. The van der Waals surface area contributed by atoms with E-state index in [1.165, 1.54) is 12.1 Å². The highest BCUT2D eigenvalue weighted by Gasteiger charge is 2.28. The fraction of sp³-hybridized carbons (Fsp3) is 0.333. The van der Waals surface area contributed by atoms with Gasteiger partial charge in [0.05, 0.1) is 17.1 Å². The highest BCUT2D eigenvalue weighted by molar-refractivity contribution is 6.34. The number of fused-ring (bicyclic) bond motifs is 1. The number of hydrogen-bond acceptors (Lipinski definition) is 6.